The zero-order valence-corrected chi connectivity index (χ0v) is 6.09. The second-order valence-corrected chi connectivity index (χ2v) is 1.99. The summed E-state index contributed by atoms with van der Waals surface area (Å²) in [5.74, 6) is -0.793. The van der Waals surface area contributed by atoms with Crippen molar-refractivity contribution in [3.63, 3.8) is 0 Å². The van der Waals surface area contributed by atoms with Crippen LogP contribution in [0, 0.1) is 0 Å². The molecule has 0 saturated carbocycles. The lowest BCUT2D eigenvalue weighted by Gasteiger charge is -1.96. The molecule has 0 aromatic rings. The Morgan fingerprint density at radius 3 is 3.00 bits per heavy atom. The molecule has 0 aromatic carbocycles. The standard InChI is InChI=1S/C6H8N2O3/c1-2-11-6(10)4-3-5(9)8-7-4/h2-3H2,1H3,(H,8,9). The van der Waals surface area contributed by atoms with Crippen LogP contribution >= 0.6 is 0 Å². The summed E-state index contributed by atoms with van der Waals surface area (Å²) in [5, 5.41) is 3.48. The number of ether oxygens (including phenoxy) is 1. The first kappa shape index (κ1) is 7.71. The van der Waals surface area contributed by atoms with Gasteiger partial charge >= 0.3 is 5.97 Å². The van der Waals surface area contributed by atoms with Gasteiger partial charge in [-0.2, -0.15) is 5.10 Å². The third-order valence-corrected chi connectivity index (χ3v) is 1.15. The molecule has 0 unspecified atom stereocenters. The number of esters is 1. The fourth-order valence-corrected chi connectivity index (χ4v) is 0.693. The molecule has 0 bridgehead atoms. The monoisotopic (exact) mass is 156 g/mol. The number of hydrogen-bond acceptors (Lipinski definition) is 4. The summed E-state index contributed by atoms with van der Waals surface area (Å²) >= 11 is 0. The molecular formula is C6H8N2O3. The first-order valence-electron chi connectivity index (χ1n) is 3.26. The van der Waals surface area contributed by atoms with Gasteiger partial charge in [0.25, 0.3) is 0 Å². The number of carbonyl (C=O) groups is 2. The Hall–Kier alpha value is -1.39. The number of hydrazone groups is 1. The smallest absolute Gasteiger partial charge is 0.355 e. The maximum absolute atomic E-state index is 10.8. The molecule has 0 saturated heterocycles. The van der Waals surface area contributed by atoms with Crippen LogP contribution in [0.4, 0.5) is 0 Å². The highest BCUT2D eigenvalue weighted by molar-refractivity contribution is 6.41. The summed E-state index contributed by atoms with van der Waals surface area (Å²) in [6, 6.07) is 0. The summed E-state index contributed by atoms with van der Waals surface area (Å²) in [6.07, 6.45) is 0.0266. The van der Waals surface area contributed by atoms with E-state index in [1.54, 1.807) is 6.92 Å². The van der Waals surface area contributed by atoms with Gasteiger partial charge in [-0.05, 0) is 6.92 Å². The Morgan fingerprint density at radius 1 is 1.82 bits per heavy atom. The molecule has 60 valence electrons. The normalized spacial score (nSPS) is 15.7. The third-order valence-electron chi connectivity index (χ3n) is 1.15. The molecule has 1 amide bonds. The lowest BCUT2D eigenvalue weighted by Crippen LogP contribution is -2.16. The Kier molecular flexibility index (Phi) is 2.20. The van der Waals surface area contributed by atoms with Crippen LogP contribution in [0.25, 0.3) is 0 Å². The fourth-order valence-electron chi connectivity index (χ4n) is 0.693. The predicted octanol–water partition coefficient (Wildman–Crippen LogP) is -0.575. The van der Waals surface area contributed by atoms with Crippen molar-refractivity contribution in [2.45, 2.75) is 13.3 Å². The summed E-state index contributed by atoms with van der Waals surface area (Å²) in [5.41, 5.74) is 2.31. The topological polar surface area (TPSA) is 67.8 Å². The van der Waals surface area contributed by atoms with Gasteiger partial charge < -0.3 is 4.74 Å². The van der Waals surface area contributed by atoms with Gasteiger partial charge in [0.15, 0.2) is 5.71 Å². The molecule has 5 heteroatoms. The maximum atomic E-state index is 10.8. The van der Waals surface area contributed by atoms with Gasteiger partial charge in [-0.15, -0.1) is 0 Å². The second-order valence-electron chi connectivity index (χ2n) is 1.99. The van der Waals surface area contributed by atoms with Crippen molar-refractivity contribution >= 4 is 17.6 Å². The van der Waals surface area contributed by atoms with Crippen molar-refractivity contribution in [1.29, 1.82) is 0 Å². The molecule has 0 atom stereocenters. The van der Waals surface area contributed by atoms with E-state index in [2.05, 4.69) is 15.3 Å². The van der Waals surface area contributed by atoms with Crippen molar-refractivity contribution in [3.05, 3.63) is 0 Å². The van der Waals surface area contributed by atoms with E-state index in [4.69, 9.17) is 0 Å². The first-order chi connectivity index (χ1) is 5.24. The fraction of sp³-hybridized carbons (Fsp3) is 0.500. The molecule has 1 rings (SSSR count). The Labute approximate surface area is 63.4 Å². The van der Waals surface area contributed by atoms with Crippen molar-refractivity contribution in [2.24, 2.45) is 5.10 Å². The van der Waals surface area contributed by atoms with Gasteiger partial charge in [-0.1, -0.05) is 0 Å². The molecule has 1 N–H and O–H groups in total. The lowest BCUT2D eigenvalue weighted by molar-refractivity contribution is -0.135. The van der Waals surface area contributed by atoms with E-state index in [-0.39, 0.29) is 18.0 Å². The van der Waals surface area contributed by atoms with Crippen molar-refractivity contribution in [2.75, 3.05) is 6.61 Å². The largest absolute Gasteiger partial charge is 0.461 e. The average Bonchev–Trinajstić information content (AvgIpc) is 2.36. The van der Waals surface area contributed by atoms with E-state index in [1.807, 2.05) is 0 Å². The van der Waals surface area contributed by atoms with Crippen LogP contribution in [0.5, 0.6) is 0 Å². The van der Waals surface area contributed by atoms with Crippen LogP contribution in [0.2, 0.25) is 0 Å². The maximum Gasteiger partial charge on any atom is 0.355 e. The van der Waals surface area contributed by atoms with Crippen LogP contribution in [-0.4, -0.2) is 24.2 Å². The molecule has 11 heavy (non-hydrogen) atoms. The van der Waals surface area contributed by atoms with Gasteiger partial charge in [0.1, 0.15) is 0 Å². The van der Waals surface area contributed by atoms with E-state index < -0.39 is 5.97 Å². The van der Waals surface area contributed by atoms with E-state index >= 15 is 0 Å². The number of hydrogen-bond donors (Lipinski definition) is 1. The average molecular weight is 156 g/mol. The molecule has 0 spiro atoms. The summed E-state index contributed by atoms with van der Waals surface area (Å²) in [7, 11) is 0. The van der Waals surface area contributed by atoms with E-state index in [0.717, 1.165) is 0 Å². The zero-order valence-electron chi connectivity index (χ0n) is 6.09. The highest BCUT2D eigenvalue weighted by Crippen LogP contribution is 1.97. The van der Waals surface area contributed by atoms with Crippen molar-refractivity contribution in [1.82, 2.24) is 5.43 Å². The molecule has 1 aliphatic heterocycles. The van der Waals surface area contributed by atoms with E-state index in [1.165, 1.54) is 0 Å². The summed E-state index contributed by atoms with van der Waals surface area (Å²) in [6.45, 7) is 1.99. The van der Waals surface area contributed by atoms with Crippen LogP contribution in [0.1, 0.15) is 13.3 Å². The lowest BCUT2D eigenvalue weighted by atomic mass is 10.3. The van der Waals surface area contributed by atoms with E-state index in [0.29, 0.717) is 6.61 Å². The molecule has 0 fully saturated rings. The second kappa shape index (κ2) is 3.14. The van der Waals surface area contributed by atoms with Gasteiger partial charge in [0, 0.05) is 0 Å². The first-order valence-corrected chi connectivity index (χ1v) is 3.26. The van der Waals surface area contributed by atoms with Gasteiger partial charge in [-0.3, -0.25) is 4.79 Å². The number of carbonyl (C=O) groups excluding carboxylic acids is 2. The summed E-state index contributed by atoms with van der Waals surface area (Å²) in [4.78, 5) is 21.4. The number of amides is 1. The van der Waals surface area contributed by atoms with Crippen LogP contribution in [0.15, 0.2) is 5.10 Å². The zero-order chi connectivity index (χ0) is 8.27. The molecule has 1 aliphatic rings. The molecule has 0 radical (unpaired) electrons. The SMILES string of the molecule is CCOC(=O)C1=NNC(=O)C1. The predicted molar refractivity (Wildman–Crippen MR) is 36.8 cm³/mol. The van der Waals surface area contributed by atoms with E-state index in [9.17, 15) is 9.59 Å². The number of nitrogens with one attached hydrogen (secondary N) is 1. The third kappa shape index (κ3) is 1.76. The van der Waals surface area contributed by atoms with Crippen LogP contribution in [0.3, 0.4) is 0 Å². The Bertz CT molecular complexity index is 222. The summed E-state index contributed by atoms with van der Waals surface area (Å²) < 4.78 is 4.61. The number of rotatable bonds is 2. The molecule has 5 nitrogen and oxygen atoms in total. The highest BCUT2D eigenvalue weighted by atomic mass is 16.5. The number of nitrogens with zero attached hydrogens (tertiary/aromatic N) is 1. The molecule has 0 aromatic heterocycles. The quantitative estimate of drug-likeness (QED) is 0.544. The highest BCUT2D eigenvalue weighted by Gasteiger charge is 2.21. The van der Waals surface area contributed by atoms with Gasteiger partial charge in [0.05, 0.1) is 13.0 Å². The minimum absolute atomic E-state index is 0.0266. The minimum Gasteiger partial charge on any atom is -0.461 e. The molecule has 0 aliphatic carbocycles. The van der Waals surface area contributed by atoms with Crippen molar-refractivity contribution in [3.8, 4) is 0 Å². The minimum atomic E-state index is -0.522. The van der Waals surface area contributed by atoms with Crippen molar-refractivity contribution < 1.29 is 14.3 Å². The Morgan fingerprint density at radius 2 is 2.55 bits per heavy atom. The van der Waals surface area contributed by atoms with Crippen LogP contribution < -0.4 is 5.43 Å². The van der Waals surface area contributed by atoms with Crippen LogP contribution in [-0.2, 0) is 14.3 Å². The molecule has 1 heterocycles. The van der Waals surface area contributed by atoms with Gasteiger partial charge in [-0.25, -0.2) is 10.2 Å². The molecular weight excluding hydrogens is 148 g/mol. The Balaban J connectivity index is 2.49. The van der Waals surface area contributed by atoms with Gasteiger partial charge in [0.2, 0.25) is 5.91 Å².